The molecule has 1 aromatic carbocycles. The Hall–Kier alpha value is -2.55. The van der Waals surface area contributed by atoms with Gasteiger partial charge in [0.1, 0.15) is 5.92 Å². The van der Waals surface area contributed by atoms with Crippen molar-refractivity contribution in [1.29, 1.82) is 21.2 Å². The summed E-state index contributed by atoms with van der Waals surface area (Å²) in [5.74, 6) is 0.344. The van der Waals surface area contributed by atoms with Crippen LogP contribution >= 0.6 is 11.8 Å². The highest BCUT2D eigenvalue weighted by Crippen LogP contribution is 2.54. The van der Waals surface area contributed by atoms with Gasteiger partial charge in [0.05, 0.1) is 23.9 Å². The summed E-state index contributed by atoms with van der Waals surface area (Å²) in [4.78, 5) is 0. The summed E-state index contributed by atoms with van der Waals surface area (Å²) in [6, 6.07) is 15.8. The zero-order chi connectivity index (χ0) is 16.4. The second-order valence-electron chi connectivity index (χ2n) is 5.74. The zero-order valence-electron chi connectivity index (χ0n) is 12.4. The fraction of sp³-hybridized carbons (Fsp3) is 0.333. The summed E-state index contributed by atoms with van der Waals surface area (Å²) in [5, 5.41) is 37.6. The Kier molecular flexibility index (Phi) is 3.95. The van der Waals surface area contributed by atoms with Crippen molar-refractivity contribution in [2.75, 3.05) is 11.5 Å². The lowest BCUT2D eigenvalue weighted by molar-refractivity contribution is 0.378. The van der Waals surface area contributed by atoms with Crippen LogP contribution in [0.15, 0.2) is 42.0 Å². The molecule has 0 aromatic heterocycles. The van der Waals surface area contributed by atoms with Crippen LogP contribution in [0.3, 0.4) is 0 Å². The van der Waals surface area contributed by atoms with Crippen LogP contribution in [-0.4, -0.2) is 17.2 Å². The summed E-state index contributed by atoms with van der Waals surface area (Å²) in [5.41, 5.74) is 0.136. The van der Waals surface area contributed by atoms with E-state index in [4.69, 9.17) is 5.41 Å². The highest BCUT2D eigenvalue weighted by Gasteiger charge is 2.57. The molecule has 23 heavy (non-hydrogen) atoms. The molecule has 1 aromatic rings. The highest BCUT2D eigenvalue weighted by atomic mass is 32.2. The van der Waals surface area contributed by atoms with E-state index >= 15 is 0 Å². The quantitative estimate of drug-likeness (QED) is 0.804. The normalized spacial score (nSPS) is 28.5. The van der Waals surface area contributed by atoms with Crippen molar-refractivity contribution < 1.29 is 0 Å². The summed E-state index contributed by atoms with van der Waals surface area (Å²) in [6.07, 6.45) is 2.01. The van der Waals surface area contributed by atoms with Crippen molar-refractivity contribution in [1.82, 2.24) is 0 Å². The van der Waals surface area contributed by atoms with E-state index in [0.29, 0.717) is 0 Å². The number of rotatable bonds is 1. The topological polar surface area (TPSA) is 95.2 Å². The van der Waals surface area contributed by atoms with Crippen LogP contribution < -0.4 is 0 Å². The van der Waals surface area contributed by atoms with Crippen molar-refractivity contribution in [3.8, 4) is 18.2 Å². The molecule has 1 saturated carbocycles. The monoisotopic (exact) mass is 318 g/mol. The molecule has 0 spiro atoms. The number of nitriles is 3. The number of hydrogen-bond donors (Lipinski definition) is 1. The minimum Gasteiger partial charge on any atom is -0.305 e. The Bertz CT molecular complexity index is 777. The second-order valence-corrected chi connectivity index (χ2v) is 6.82. The van der Waals surface area contributed by atoms with E-state index in [1.165, 1.54) is 0 Å². The molecular weight excluding hydrogens is 304 g/mol. The molecule has 1 fully saturated rings. The predicted molar refractivity (Wildman–Crippen MR) is 88.6 cm³/mol. The fourth-order valence-electron chi connectivity index (χ4n) is 3.65. The number of fused-ring (bicyclic) bond motifs is 1. The van der Waals surface area contributed by atoms with Gasteiger partial charge >= 0.3 is 0 Å². The molecule has 0 bridgehead atoms. The average molecular weight is 318 g/mol. The van der Waals surface area contributed by atoms with E-state index in [9.17, 15) is 15.8 Å². The second kappa shape index (κ2) is 5.92. The molecule has 0 radical (unpaired) electrons. The van der Waals surface area contributed by atoms with Crippen molar-refractivity contribution >= 4 is 17.5 Å². The minimum atomic E-state index is -1.58. The van der Waals surface area contributed by atoms with Crippen LogP contribution in [0.4, 0.5) is 0 Å². The van der Waals surface area contributed by atoms with Gasteiger partial charge in [0, 0.05) is 23.3 Å². The Balaban J connectivity index is 2.26. The highest BCUT2D eigenvalue weighted by molar-refractivity contribution is 7.99. The number of benzene rings is 1. The summed E-state index contributed by atoms with van der Waals surface area (Å²) in [7, 11) is 0. The molecular formula is C18H14N4S. The fourth-order valence-corrected chi connectivity index (χ4v) is 4.73. The van der Waals surface area contributed by atoms with E-state index in [-0.39, 0.29) is 11.6 Å². The largest absolute Gasteiger partial charge is 0.305 e. The smallest absolute Gasteiger partial charge is 0.189 e. The molecule has 112 valence electrons. The zero-order valence-corrected chi connectivity index (χ0v) is 13.2. The van der Waals surface area contributed by atoms with Crippen molar-refractivity contribution in [2.45, 2.75) is 5.92 Å². The lowest BCUT2D eigenvalue weighted by Gasteiger charge is -2.45. The number of hydrogen-bond acceptors (Lipinski definition) is 5. The lowest BCUT2D eigenvalue weighted by Crippen LogP contribution is -2.49. The van der Waals surface area contributed by atoms with Gasteiger partial charge in [0.2, 0.25) is 0 Å². The number of thioether (sulfide) groups is 1. The molecule has 4 nitrogen and oxygen atoms in total. The maximum atomic E-state index is 9.80. The third-order valence-corrected chi connectivity index (χ3v) is 5.72. The van der Waals surface area contributed by atoms with E-state index < -0.39 is 17.3 Å². The minimum absolute atomic E-state index is 0.0609. The molecule has 1 N–H and O–H groups in total. The first-order valence-corrected chi connectivity index (χ1v) is 8.48. The first kappa shape index (κ1) is 15.3. The van der Waals surface area contributed by atoms with Gasteiger partial charge in [-0.1, -0.05) is 36.4 Å². The van der Waals surface area contributed by atoms with Crippen LogP contribution in [0.25, 0.3) is 0 Å². The molecule has 3 atom stereocenters. The van der Waals surface area contributed by atoms with Crippen molar-refractivity contribution in [2.24, 2.45) is 17.3 Å². The van der Waals surface area contributed by atoms with Gasteiger partial charge in [-0.2, -0.15) is 27.5 Å². The van der Waals surface area contributed by atoms with Crippen LogP contribution in [-0.2, 0) is 0 Å². The molecule has 3 rings (SSSR count). The number of nitrogens with zero attached hydrogens (tertiary/aromatic N) is 3. The molecule has 0 saturated heterocycles. The molecule has 0 unspecified atom stereocenters. The van der Waals surface area contributed by atoms with Gasteiger partial charge < -0.3 is 5.41 Å². The first-order chi connectivity index (χ1) is 11.2. The third-order valence-electron chi connectivity index (χ3n) is 4.72. The van der Waals surface area contributed by atoms with Crippen LogP contribution in [0.2, 0.25) is 0 Å². The molecule has 5 heteroatoms. The van der Waals surface area contributed by atoms with E-state index in [0.717, 1.165) is 22.6 Å². The SMILES string of the molecule is N#C[C@@H]1C(=N)C(C#N)(C#N)[C@@H](c2ccccc2)[C@@H]2CSCC=C12. The average Bonchev–Trinajstić information content (AvgIpc) is 2.61. The number of allylic oxidation sites excluding steroid dienone is 1. The Labute approximate surface area is 139 Å². The predicted octanol–water partition coefficient (Wildman–Crippen LogP) is 3.27. The Morgan fingerprint density at radius 2 is 1.83 bits per heavy atom. The standard InChI is InChI=1S/C18H14N4S/c19-8-14-13-6-7-23-9-15(13)16(12-4-2-1-3-5-12)18(10-20,11-21)17(14)22/h1-6,14-16,22H,7,9H2/t14-,15+,16-/m0/s1. The van der Waals surface area contributed by atoms with Crippen LogP contribution in [0.1, 0.15) is 11.5 Å². The summed E-state index contributed by atoms with van der Waals surface area (Å²) < 4.78 is 0. The Morgan fingerprint density at radius 1 is 1.13 bits per heavy atom. The van der Waals surface area contributed by atoms with Crippen LogP contribution in [0.5, 0.6) is 0 Å². The van der Waals surface area contributed by atoms with E-state index in [1.807, 2.05) is 36.4 Å². The lowest BCUT2D eigenvalue weighted by atomic mass is 9.55. The molecule has 2 aliphatic rings. The molecule has 1 heterocycles. The van der Waals surface area contributed by atoms with Crippen molar-refractivity contribution in [3.05, 3.63) is 47.5 Å². The summed E-state index contributed by atoms with van der Waals surface area (Å²) >= 11 is 1.74. The number of nitrogens with one attached hydrogen (secondary N) is 1. The van der Waals surface area contributed by atoms with Gasteiger partial charge in [-0.05, 0) is 11.1 Å². The van der Waals surface area contributed by atoms with Gasteiger partial charge in [0.25, 0.3) is 0 Å². The van der Waals surface area contributed by atoms with Gasteiger partial charge in [0.15, 0.2) is 5.41 Å². The molecule has 1 aliphatic heterocycles. The maximum absolute atomic E-state index is 9.80. The van der Waals surface area contributed by atoms with Gasteiger partial charge in [-0.15, -0.1) is 0 Å². The first-order valence-electron chi connectivity index (χ1n) is 7.33. The van der Waals surface area contributed by atoms with Crippen molar-refractivity contribution in [3.63, 3.8) is 0 Å². The van der Waals surface area contributed by atoms with Gasteiger partial charge in [-0.25, -0.2) is 0 Å². The van der Waals surface area contributed by atoms with Crippen LogP contribution in [0, 0.1) is 56.7 Å². The molecule has 0 amide bonds. The molecule has 1 aliphatic carbocycles. The van der Waals surface area contributed by atoms with Gasteiger partial charge in [-0.3, -0.25) is 0 Å². The summed E-state index contributed by atoms with van der Waals surface area (Å²) in [6.45, 7) is 0. The van der Waals surface area contributed by atoms with E-state index in [2.05, 4.69) is 18.2 Å². The maximum Gasteiger partial charge on any atom is 0.189 e. The Morgan fingerprint density at radius 3 is 2.43 bits per heavy atom. The van der Waals surface area contributed by atoms with E-state index in [1.54, 1.807) is 11.8 Å². The third kappa shape index (κ3) is 2.15.